The summed E-state index contributed by atoms with van der Waals surface area (Å²) in [5.41, 5.74) is 9.75. The van der Waals surface area contributed by atoms with Crippen molar-refractivity contribution >= 4 is 45.6 Å². The quantitative estimate of drug-likeness (QED) is 0.626. The molecule has 0 amide bonds. The molecule has 1 atom stereocenters. The van der Waals surface area contributed by atoms with Gasteiger partial charge in [-0.3, -0.25) is 4.79 Å². The third-order valence-corrected chi connectivity index (χ3v) is 5.43. The summed E-state index contributed by atoms with van der Waals surface area (Å²) in [6, 6.07) is 7.90. The topological polar surface area (TPSA) is 83.8 Å². The average molecular weight is 403 g/mol. The van der Waals surface area contributed by atoms with E-state index in [1.54, 1.807) is 0 Å². The smallest absolute Gasteiger partial charge is 0.200 e. The van der Waals surface area contributed by atoms with Gasteiger partial charge in [-0.25, -0.2) is 4.98 Å². The third-order valence-electron chi connectivity index (χ3n) is 4.52. The molecule has 2 aliphatic rings. The number of carbonyl (C=O) groups is 1. The molecule has 122 valence electrons. The minimum Gasteiger partial charge on any atom is -0.385 e. The Morgan fingerprint density at radius 3 is 2.88 bits per heavy atom. The second-order valence-electron chi connectivity index (χ2n) is 5.97. The molecule has 0 fully saturated rings. The number of fused-ring (bicyclic) bond motifs is 1. The first-order chi connectivity index (χ1) is 11.6. The van der Waals surface area contributed by atoms with E-state index in [1.165, 1.54) is 0 Å². The number of anilines is 2. The molecule has 2 aromatic rings. The first kappa shape index (κ1) is 15.5. The average Bonchev–Trinajstić information content (AvgIpc) is 2.53. The van der Waals surface area contributed by atoms with Gasteiger partial charge in [-0.2, -0.15) is 0 Å². The second kappa shape index (κ2) is 5.82. The number of allylic oxidation sites excluding steroid dienone is 2. The van der Waals surface area contributed by atoms with Crippen molar-refractivity contribution in [1.82, 2.24) is 9.97 Å². The van der Waals surface area contributed by atoms with Gasteiger partial charge in [0.15, 0.2) is 10.6 Å². The zero-order valence-corrected chi connectivity index (χ0v) is 15.1. The van der Waals surface area contributed by atoms with Crippen LogP contribution in [0.2, 0.25) is 0 Å². The molecule has 0 saturated carbocycles. The minimum absolute atomic E-state index is 0.164. The number of hydrogen-bond donors (Lipinski definition) is 3. The molecular formula is C17H15BrN4OS. The molecular weight excluding hydrogens is 388 g/mol. The highest BCUT2D eigenvalue weighted by Crippen LogP contribution is 2.47. The van der Waals surface area contributed by atoms with Gasteiger partial charge in [-0.15, -0.1) is 0 Å². The van der Waals surface area contributed by atoms with Crippen LogP contribution in [0.1, 0.15) is 36.3 Å². The molecule has 0 bridgehead atoms. The van der Waals surface area contributed by atoms with Crippen LogP contribution in [0.25, 0.3) is 0 Å². The molecule has 1 aliphatic carbocycles. The van der Waals surface area contributed by atoms with Crippen molar-refractivity contribution in [2.24, 2.45) is 0 Å². The normalized spacial score (nSPS) is 19.5. The van der Waals surface area contributed by atoms with Crippen molar-refractivity contribution in [3.05, 3.63) is 55.9 Å². The van der Waals surface area contributed by atoms with E-state index in [-0.39, 0.29) is 11.7 Å². The van der Waals surface area contributed by atoms with Gasteiger partial charge in [0.2, 0.25) is 0 Å². The van der Waals surface area contributed by atoms with Crippen LogP contribution in [-0.4, -0.2) is 15.8 Å². The number of rotatable bonds is 1. The van der Waals surface area contributed by atoms with E-state index in [4.69, 9.17) is 18.0 Å². The number of nitrogens with two attached hydrogens (primary N) is 1. The van der Waals surface area contributed by atoms with Crippen LogP contribution >= 0.6 is 28.1 Å². The van der Waals surface area contributed by atoms with Gasteiger partial charge < -0.3 is 16.0 Å². The van der Waals surface area contributed by atoms with E-state index in [2.05, 4.69) is 31.2 Å². The molecule has 0 spiro atoms. The molecule has 1 aromatic heterocycles. The molecule has 7 heteroatoms. The van der Waals surface area contributed by atoms with Gasteiger partial charge in [0.25, 0.3) is 0 Å². The Kier molecular flexibility index (Phi) is 3.77. The van der Waals surface area contributed by atoms with Gasteiger partial charge in [-0.05, 0) is 36.7 Å². The lowest BCUT2D eigenvalue weighted by Gasteiger charge is -2.34. The number of benzene rings is 1. The van der Waals surface area contributed by atoms with Crippen molar-refractivity contribution in [1.29, 1.82) is 0 Å². The van der Waals surface area contributed by atoms with Gasteiger partial charge >= 0.3 is 0 Å². The van der Waals surface area contributed by atoms with Crippen LogP contribution in [0.15, 0.2) is 40.0 Å². The number of Topliss-reactive ketones (excluding diaryl/α,β-unsaturated/α-hetero) is 1. The van der Waals surface area contributed by atoms with E-state index in [9.17, 15) is 4.79 Å². The van der Waals surface area contributed by atoms with Crippen LogP contribution in [0, 0.1) is 4.77 Å². The number of nitrogen functional groups attached to an aromatic ring is 1. The highest BCUT2D eigenvalue weighted by Gasteiger charge is 2.37. The predicted molar refractivity (Wildman–Crippen MR) is 99.3 cm³/mol. The molecule has 1 aromatic carbocycles. The standard InChI is InChI=1S/C17H15BrN4OS/c18-9-5-2-1-4-8(9)12-13-10(6-3-7-11(13)23)20-16-14(12)15(19)21-17(24)22-16/h1-2,4-5,12H,3,6-7H2,(H4,19,20,21,22,24). The SMILES string of the molecule is Nc1[nH]c(=S)nc2c1C(c1ccccc1Br)C1=C(CCCC1=O)N2. The highest BCUT2D eigenvalue weighted by atomic mass is 79.9. The Morgan fingerprint density at radius 2 is 2.08 bits per heavy atom. The van der Waals surface area contributed by atoms with E-state index in [0.717, 1.165) is 39.7 Å². The maximum atomic E-state index is 12.7. The fourth-order valence-corrected chi connectivity index (χ4v) is 4.24. The van der Waals surface area contributed by atoms with Crippen LogP contribution in [-0.2, 0) is 4.79 Å². The van der Waals surface area contributed by atoms with E-state index >= 15 is 0 Å². The van der Waals surface area contributed by atoms with E-state index in [1.807, 2.05) is 24.3 Å². The lowest BCUT2D eigenvalue weighted by Crippen LogP contribution is -2.28. The molecule has 4 N–H and O–H groups in total. The Labute approximate surface area is 152 Å². The number of ketones is 1. The molecule has 2 heterocycles. The van der Waals surface area contributed by atoms with Crippen LogP contribution in [0.4, 0.5) is 11.6 Å². The maximum absolute atomic E-state index is 12.7. The van der Waals surface area contributed by atoms with Crippen LogP contribution < -0.4 is 11.1 Å². The Morgan fingerprint density at radius 1 is 1.29 bits per heavy atom. The number of carbonyl (C=O) groups excluding carboxylic acids is 1. The number of H-pyrrole nitrogens is 1. The maximum Gasteiger partial charge on any atom is 0.200 e. The van der Waals surface area contributed by atoms with Crippen LogP contribution in [0.3, 0.4) is 0 Å². The van der Waals surface area contributed by atoms with Crippen molar-refractivity contribution in [2.45, 2.75) is 25.2 Å². The fraction of sp³-hybridized carbons (Fsp3) is 0.235. The Balaban J connectivity index is 2.04. The monoisotopic (exact) mass is 402 g/mol. The second-order valence-corrected chi connectivity index (χ2v) is 7.21. The van der Waals surface area contributed by atoms with Gasteiger partial charge in [-0.1, -0.05) is 34.1 Å². The van der Waals surface area contributed by atoms with Crippen molar-refractivity contribution in [2.75, 3.05) is 11.1 Å². The summed E-state index contributed by atoms with van der Waals surface area (Å²) in [5.74, 6) is 1.00. The molecule has 4 rings (SSSR count). The molecule has 1 aliphatic heterocycles. The third kappa shape index (κ3) is 2.39. The molecule has 5 nitrogen and oxygen atoms in total. The van der Waals surface area contributed by atoms with Crippen molar-refractivity contribution in [3.63, 3.8) is 0 Å². The number of halogens is 1. The van der Waals surface area contributed by atoms with Crippen LogP contribution in [0.5, 0.6) is 0 Å². The number of aromatic amines is 1. The summed E-state index contributed by atoms with van der Waals surface area (Å²) in [6.45, 7) is 0. The lowest BCUT2D eigenvalue weighted by atomic mass is 9.76. The molecule has 1 unspecified atom stereocenters. The van der Waals surface area contributed by atoms with Gasteiger partial charge in [0, 0.05) is 33.6 Å². The summed E-state index contributed by atoms with van der Waals surface area (Å²) in [5, 5.41) is 3.30. The van der Waals surface area contributed by atoms with Crippen molar-refractivity contribution in [3.8, 4) is 0 Å². The van der Waals surface area contributed by atoms with E-state index < -0.39 is 0 Å². The summed E-state index contributed by atoms with van der Waals surface area (Å²) in [4.78, 5) is 20.0. The zero-order valence-electron chi connectivity index (χ0n) is 12.7. The van der Waals surface area contributed by atoms with Gasteiger partial charge in [0.1, 0.15) is 11.6 Å². The van der Waals surface area contributed by atoms with Crippen molar-refractivity contribution < 1.29 is 4.79 Å². The summed E-state index contributed by atoms with van der Waals surface area (Å²) in [6.07, 6.45) is 2.24. The molecule has 24 heavy (non-hydrogen) atoms. The van der Waals surface area contributed by atoms with Gasteiger partial charge in [0.05, 0.1) is 0 Å². The lowest BCUT2D eigenvalue weighted by molar-refractivity contribution is -0.116. The number of nitrogens with zero attached hydrogens (tertiary/aromatic N) is 1. The zero-order chi connectivity index (χ0) is 16.8. The summed E-state index contributed by atoms with van der Waals surface area (Å²) < 4.78 is 1.27. The first-order valence-corrected chi connectivity index (χ1v) is 8.93. The summed E-state index contributed by atoms with van der Waals surface area (Å²) in [7, 11) is 0. The highest BCUT2D eigenvalue weighted by molar-refractivity contribution is 9.10. The summed E-state index contributed by atoms with van der Waals surface area (Å²) >= 11 is 8.77. The predicted octanol–water partition coefficient (Wildman–Crippen LogP) is 4.05. The largest absolute Gasteiger partial charge is 0.385 e. The first-order valence-electron chi connectivity index (χ1n) is 7.73. The van der Waals surface area contributed by atoms with E-state index in [0.29, 0.717) is 22.8 Å². The molecule has 0 radical (unpaired) electrons. The number of aromatic nitrogens is 2. The minimum atomic E-state index is -0.251. The molecule has 0 saturated heterocycles. The Bertz CT molecular complexity index is 950. The fourth-order valence-electron chi connectivity index (χ4n) is 3.52. The number of hydrogen-bond acceptors (Lipinski definition) is 5. The Hall–Kier alpha value is -1.99. The number of nitrogens with one attached hydrogen (secondary N) is 2.